The summed E-state index contributed by atoms with van der Waals surface area (Å²) in [7, 11) is 0. The largest absolute Gasteiger partial charge is 0.545 e. The van der Waals surface area contributed by atoms with Crippen LogP contribution in [-0.2, 0) is 0 Å². The van der Waals surface area contributed by atoms with E-state index in [0.29, 0.717) is 16.1 Å². The van der Waals surface area contributed by atoms with Crippen molar-refractivity contribution in [3.05, 3.63) is 70.2 Å². The maximum Gasteiger partial charge on any atom is 0.272 e. The molecular formula is C15H10ClN2O3-. The molecule has 0 aliphatic carbocycles. The van der Waals surface area contributed by atoms with Gasteiger partial charge >= 0.3 is 0 Å². The molecule has 1 amide bonds. The average Bonchev–Trinajstić information content (AvgIpc) is 2.48. The molecular weight excluding hydrogens is 292 g/mol. The quantitative estimate of drug-likeness (QED) is 0.686. The van der Waals surface area contributed by atoms with Gasteiger partial charge in [0.25, 0.3) is 5.91 Å². The van der Waals surface area contributed by atoms with Gasteiger partial charge in [-0.2, -0.15) is 5.10 Å². The summed E-state index contributed by atoms with van der Waals surface area (Å²) < 4.78 is 0. The Bertz CT molecular complexity index is 696. The zero-order chi connectivity index (χ0) is 15.2. The van der Waals surface area contributed by atoms with Gasteiger partial charge < -0.3 is 9.90 Å². The first-order chi connectivity index (χ1) is 10.1. The van der Waals surface area contributed by atoms with Crippen LogP contribution in [0, 0.1) is 0 Å². The van der Waals surface area contributed by atoms with Crippen LogP contribution in [0.2, 0.25) is 5.02 Å². The molecule has 0 spiro atoms. The van der Waals surface area contributed by atoms with Crippen LogP contribution in [0.5, 0.6) is 0 Å². The highest BCUT2D eigenvalue weighted by Gasteiger charge is 2.07. The number of carboxylic acids is 1. The molecule has 21 heavy (non-hydrogen) atoms. The van der Waals surface area contributed by atoms with Crippen molar-refractivity contribution in [2.24, 2.45) is 5.10 Å². The van der Waals surface area contributed by atoms with Crippen LogP contribution in [0.1, 0.15) is 26.3 Å². The van der Waals surface area contributed by atoms with Gasteiger partial charge in [-0.3, -0.25) is 4.79 Å². The van der Waals surface area contributed by atoms with Crippen LogP contribution in [0.4, 0.5) is 0 Å². The normalized spacial score (nSPS) is 10.5. The monoisotopic (exact) mass is 301 g/mol. The molecule has 0 saturated carbocycles. The Morgan fingerprint density at radius 2 is 1.76 bits per heavy atom. The Kier molecular flexibility index (Phi) is 4.68. The molecule has 2 aromatic carbocycles. The molecule has 0 fully saturated rings. The summed E-state index contributed by atoms with van der Waals surface area (Å²) in [5.74, 6) is -1.67. The fourth-order valence-electron chi connectivity index (χ4n) is 1.58. The number of carbonyl (C=O) groups excluding carboxylic acids is 2. The number of carboxylic acid groups (broad SMARTS) is 1. The first kappa shape index (κ1) is 14.7. The van der Waals surface area contributed by atoms with E-state index in [1.807, 2.05) is 0 Å². The summed E-state index contributed by atoms with van der Waals surface area (Å²) in [6.07, 6.45) is 1.40. The number of hydrogen-bond donors (Lipinski definition) is 1. The number of hydrazone groups is 1. The van der Waals surface area contributed by atoms with Gasteiger partial charge in [-0.15, -0.1) is 0 Å². The van der Waals surface area contributed by atoms with Crippen molar-refractivity contribution in [3.8, 4) is 0 Å². The highest BCUT2D eigenvalue weighted by Crippen LogP contribution is 2.14. The second-order valence-corrected chi connectivity index (χ2v) is 4.50. The standard InChI is InChI=1S/C15H11ClN2O3/c16-13-4-2-1-3-12(13)14(19)18-17-9-10-5-7-11(8-6-10)15(20)21/h1-9H,(H,18,19)(H,20,21)/p-1. The first-order valence-corrected chi connectivity index (χ1v) is 6.35. The van der Waals surface area contributed by atoms with Gasteiger partial charge in [-0.25, -0.2) is 5.43 Å². The maximum absolute atomic E-state index is 11.8. The maximum atomic E-state index is 11.8. The van der Waals surface area contributed by atoms with Gasteiger partial charge in [0, 0.05) is 0 Å². The van der Waals surface area contributed by atoms with Gasteiger partial charge in [0.1, 0.15) is 0 Å². The number of carbonyl (C=O) groups is 2. The smallest absolute Gasteiger partial charge is 0.272 e. The molecule has 6 heteroatoms. The third-order valence-corrected chi connectivity index (χ3v) is 2.97. The molecule has 0 aliphatic rings. The van der Waals surface area contributed by atoms with Crippen LogP contribution in [0.3, 0.4) is 0 Å². The first-order valence-electron chi connectivity index (χ1n) is 5.97. The van der Waals surface area contributed by atoms with Crippen molar-refractivity contribution >= 4 is 29.7 Å². The number of halogens is 1. The van der Waals surface area contributed by atoms with E-state index in [9.17, 15) is 14.7 Å². The molecule has 0 saturated heterocycles. The molecule has 0 radical (unpaired) electrons. The lowest BCUT2D eigenvalue weighted by molar-refractivity contribution is -0.255. The fraction of sp³-hybridized carbons (Fsp3) is 0. The number of nitrogens with one attached hydrogen (secondary N) is 1. The Labute approximate surface area is 125 Å². The summed E-state index contributed by atoms with van der Waals surface area (Å²) >= 11 is 5.89. The third kappa shape index (κ3) is 3.90. The van der Waals surface area contributed by atoms with Crippen molar-refractivity contribution in [2.75, 3.05) is 0 Å². The van der Waals surface area contributed by atoms with Gasteiger partial charge in [0.05, 0.1) is 22.8 Å². The van der Waals surface area contributed by atoms with Crippen LogP contribution in [-0.4, -0.2) is 18.1 Å². The predicted octanol–water partition coefficient (Wildman–Crippen LogP) is 1.47. The minimum absolute atomic E-state index is 0.0762. The van der Waals surface area contributed by atoms with Crippen molar-refractivity contribution in [3.63, 3.8) is 0 Å². The zero-order valence-corrected chi connectivity index (χ0v) is 11.5. The van der Waals surface area contributed by atoms with Gasteiger partial charge in [0.2, 0.25) is 0 Å². The Morgan fingerprint density at radius 3 is 2.38 bits per heavy atom. The van der Waals surface area contributed by atoms with Crippen LogP contribution in [0.15, 0.2) is 53.6 Å². The van der Waals surface area contributed by atoms with Crippen LogP contribution >= 0.6 is 11.6 Å². The number of aromatic carboxylic acids is 1. The summed E-state index contributed by atoms with van der Waals surface area (Å²) in [4.78, 5) is 22.4. The topological polar surface area (TPSA) is 81.6 Å². The Balaban J connectivity index is 2.01. The Hall–Kier alpha value is -2.66. The van der Waals surface area contributed by atoms with Gasteiger partial charge in [0.15, 0.2) is 0 Å². The number of nitrogens with zero attached hydrogens (tertiary/aromatic N) is 1. The Morgan fingerprint density at radius 1 is 1.10 bits per heavy atom. The SMILES string of the molecule is O=C([O-])c1ccc(C=NNC(=O)c2ccccc2Cl)cc1. The van der Waals surface area contributed by atoms with E-state index >= 15 is 0 Å². The number of rotatable bonds is 4. The summed E-state index contributed by atoms with van der Waals surface area (Å²) in [5, 5.41) is 14.7. The number of amides is 1. The van der Waals surface area contributed by atoms with E-state index in [1.165, 1.54) is 18.3 Å². The lowest BCUT2D eigenvalue weighted by atomic mass is 10.1. The van der Waals surface area contributed by atoms with E-state index in [4.69, 9.17) is 11.6 Å². The molecule has 0 aromatic heterocycles. The van der Waals surface area contributed by atoms with Crippen LogP contribution in [0.25, 0.3) is 0 Å². The zero-order valence-electron chi connectivity index (χ0n) is 10.7. The van der Waals surface area contributed by atoms with Gasteiger partial charge in [-0.05, 0) is 23.3 Å². The molecule has 5 nitrogen and oxygen atoms in total. The molecule has 0 aliphatic heterocycles. The van der Waals surface area contributed by atoms with E-state index in [1.54, 1.807) is 36.4 Å². The second-order valence-electron chi connectivity index (χ2n) is 4.09. The summed E-state index contributed by atoms with van der Waals surface area (Å²) in [5.41, 5.74) is 3.38. The molecule has 2 rings (SSSR count). The van der Waals surface area contributed by atoms with Crippen molar-refractivity contribution < 1.29 is 14.7 Å². The average molecular weight is 302 g/mol. The second kappa shape index (κ2) is 6.67. The molecule has 0 bridgehead atoms. The van der Waals surface area contributed by atoms with E-state index < -0.39 is 11.9 Å². The summed E-state index contributed by atoms with van der Waals surface area (Å²) in [6.45, 7) is 0. The van der Waals surface area contributed by atoms with Crippen molar-refractivity contribution in [2.45, 2.75) is 0 Å². The molecule has 0 atom stereocenters. The molecule has 0 unspecified atom stereocenters. The van der Waals surface area contributed by atoms with E-state index in [2.05, 4.69) is 10.5 Å². The molecule has 0 heterocycles. The highest BCUT2D eigenvalue weighted by atomic mass is 35.5. The van der Waals surface area contributed by atoms with E-state index in [-0.39, 0.29) is 5.56 Å². The summed E-state index contributed by atoms with van der Waals surface area (Å²) in [6, 6.07) is 12.5. The van der Waals surface area contributed by atoms with Crippen molar-refractivity contribution in [1.29, 1.82) is 0 Å². The predicted molar refractivity (Wildman–Crippen MR) is 77.3 cm³/mol. The molecule has 106 valence electrons. The molecule has 1 N–H and O–H groups in total. The van der Waals surface area contributed by atoms with Crippen LogP contribution < -0.4 is 10.5 Å². The van der Waals surface area contributed by atoms with E-state index in [0.717, 1.165) is 0 Å². The fourth-order valence-corrected chi connectivity index (χ4v) is 1.80. The van der Waals surface area contributed by atoms with Gasteiger partial charge in [-0.1, -0.05) is 48.0 Å². The third-order valence-electron chi connectivity index (χ3n) is 2.64. The lowest BCUT2D eigenvalue weighted by Crippen LogP contribution is -2.22. The molecule has 2 aromatic rings. The number of benzene rings is 2. The minimum Gasteiger partial charge on any atom is -0.545 e. The number of hydrogen-bond acceptors (Lipinski definition) is 4. The highest BCUT2D eigenvalue weighted by molar-refractivity contribution is 6.33. The minimum atomic E-state index is -1.24. The van der Waals surface area contributed by atoms with Crippen molar-refractivity contribution in [1.82, 2.24) is 5.43 Å². The lowest BCUT2D eigenvalue weighted by Gasteiger charge is -2.02.